The highest BCUT2D eigenvalue weighted by atomic mass is 32.2. The highest BCUT2D eigenvalue weighted by molar-refractivity contribution is 7.89. The van der Waals surface area contributed by atoms with Crippen molar-refractivity contribution in [2.24, 2.45) is 5.92 Å². The van der Waals surface area contributed by atoms with Crippen molar-refractivity contribution in [2.45, 2.75) is 49.6 Å². The number of carbonyl (C=O) groups is 2. The number of hydrogen-bond donors (Lipinski definition) is 2. The Balaban J connectivity index is 1.28. The average Bonchev–Trinajstić information content (AvgIpc) is 3.84. The first-order valence-electron chi connectivity index (χ1n) is 17.3. The van der Waals surface area contributed by atoms with Gasteiger partial charge in [-0.05, 0) is 72.0 Å². The lowest BCUT2D eigenvalue weighted by atomic mass is 9.81. The molecule has 2 aromatic heterocycles. The van der Waals surface area contributed by atoms with Gasteiger partial charge in [0.05, 0.1) is 39.3 Å². The van der Waals surface area contributed by atoms with Crippen molar-refractivity contribution in [3.8, 4) is 0 Å². The number of halogens is 1. The van der Waals surface area contributed by atoms with E-state index >= 15 is 4.39 Å². The quantitative estimate of drug-likeness (QED) is 0.103. The number of carbonyl (C=O) groups excluding carboxylic acids is 2. The summed E-state index contributed by atoms with van der Waals surface area (Å²) in [5.41, 5.74) is 3.72. The number of hydrogen-bond acceptors (Lipinski definition) is 8. The van der Waals surface area contributed by atoms with E-state index in [1.807, 2.05) is 50.2 Å². The summed E-state index contributed by atoms with van der Waals surface area (Å²) in [4.78, 5) is 33.7. The number of thiophene rings is 1. The number of amides is 1. The molecule has 3 unspecified atom stereocenters. The molecule has 6 aromatic rings. The van der Waals surface area contributed by atoms with E-state index in [0.29, 0.717) is 21.5 Å². The van der Waals surface area contributed by atoms with Gasteiger partial charge in [-0.25, -0.2) is 17.8 Å². The lowest BCUT2D eigenvalue weighted by Gasteiger charge is -2.30. The molecule has 0 saturated heterocycles. The minimum absolute atomic E-state index is 0.0180. The zero-order chi connectivity index (χ0) is 37.5. The molecule has 0 spiro atoms. The third kappa shape index (κ3) is 8.80. The topological polar surface area (TPSA) is 117 Å². The molecule has 2 heterocycles. The molecule has 53 heavy (non-hydrogen) atoms. The molecule has 0 fully saturated rings. The fourth-order valence-corrected chi connectivity index (χ4v) is 10.2. The summed E-state index contributed by atoms with van der Waals surface area (Å²) in [5.74, 6) is -2.07. The predicted octanol–water partition coefficient (Wildman–Crippen LogP) is 8.01. The molecule has 0 aliphatic heterocycles. The number of sulfonamides is 1. The summed E-state index contributed by atoms with van der Waals surface area (Å²) in [6, 6.07) is 30.5. The van der Waals surface area contributed by atoms with Crippen molar-refractivity contribution in [1.82, 2.24) is 14.6 Å². The molecule has 8 nitrogen and oxygen atoms in total. The van der Waals surface area contributed by atoms with Crippen LogP contribution in [0.3, 0.4) is 0 Å². The summed E-state index contributed by atoms with van der Waals surface area (Å²) in [6.45, 7) is 3.58. The Hall–Kier alpha value is -4.59. The van der Waals surface area contributed by atoms with Gasteiger partial charge in [0.15, 0.2) is 5.78 Å². The van der Waals surface area contributed by atoms with Crippen LogP contribution < -0.4 is 5.32 Å². The van der Waals surface area contributed by atoms with E-state index in [9.17, 15) is 23.1 Å². The first kappa shape index (κ1) is 38.1. The number of Topliss-reactive ketones (excluding diaryl/α,β-unsaturated/α-hetero) is 1. The monoisotopic (exact) mass is 769 g/mol. The van der Waals surface area contributed by atoms with Gasteiger partial charge in [-0.2, -0.15) is 4.31 Å². The third-order valence-corrected chi connectivity index (χ3v) is 12.9. The van der Waals surface area contributed by atoms with Crippen molar-refractivity contribution >= 4 is 54.6 Å². The van der Waals surface area contributed by atoms with Crippen LogP contribution in [-0.2, 0) is 21.2 Å². The molecule has 0 aliphatic carbocycles. The van der Waals surface area contributed by atoms with Crippen LogP contribution in [0.5, 0.6) is 0 Å². The zero-order valence-corrected chi connectivity index (χ0v) is 31.7. The number of thiazole rings is 1. The number of rotatable bonds is 16. The summed E-state index contributed by atoms with van der Waals surface area (Å²) in [7, 11) is -4.02. The van der Waals surface area contributed by atoms with Crippen LogP contribution >= 0.6 is 22.7 Å². The van der Waals surface area contributed by atoms with Crippen molar-refractivity contribution in [3.05, 3.63) is 153 Å². The van der Waals surface area contributed by atoms with Gasteiger partial charge in [-0.15, -0.1) is 22.7 Å². The van der Waals surface area contributed by atoms with Gasteiger partial charge in [-0.1, -0.05) is 80.6 Å². The molecule has 1 amide bonds. The first-order valence-corrected chi connectivity index (χ1v) is 20.4. The van der Waals surface area contributed by atoms with E-state index in [-0.39, 0.29) is 41.5 Å². The maximum absolute atomic E-state index is 15.5. The van der Waals surface area contributed by atoms with E-state index in [1.54, 1.807) is 78.3 Å². The second-order valence-electron chi connectivity index (χ2n) is 13.1. The number of benzene rings is 4. The Labute approximate surface area is 317 Å². The molecule has 3 atom stereocenters. The van der Waals surface area contributed by atoms with E-state index in [2.05, 4.69) is 10.3 Å². The molecule has 6 rings (SSSR count). The number of aryl methyl sites for hydroxylation is 1. The number of nitrogens with zero attached hydrogens (tertiary/aromatic N) is 2. The smallest absolute Gasteiger partial charge is 0.251 e. The van der Waals surface area contributed by atoms with Crippen LogP contribution in [0, 0.1) is 11.7 Å². The molecule has 4 aromatic carbocycles. The normalized spacial score (nSPS) is 13.6. The maximum Gasteiger partial charge on any atom is 0.251 e. The fourth-order valence-electron chi connectivity index (χ4n) is 6.42. The van der Waals surface area contributed by atoms with Gasteiger partial charge >= 0.3 is 0 Å². The largest absolute Gasteiger partial charge is 0.394 e. The van der Waals surface area contributed by atoms with Gasteiger partial charge in [0.2, 0.25) is 10.0 Å². The van der Waals surface area contributed by atoms with Gasteiger partial charge in [-0.3, -0.25) is 9.59 Å². The molecule has 0 saturated carbocycles. The SMILES string of the molecule is CC(C)CN(C(CO)c1ccc(CCC(=O)C(NC(=O)c2ccccc2)C(c2ccccc2)c2ccccc2F)s1)S(=O)(=O)c1ccc2ncsc2c1. The van der Waals surface area contributed by atoms with Crippen LogP contribution in [0.15, 0.2) is 126 Å². The summed E-state index contributed by atoms with van der Waals surface area (Å²) >= 11 is 2.69. The van der Waals surface area contributed by atoms with Gasteiger partial charge in [0, 0.05) is 34.2 Å². The van der Waals surface area contributed by atoms with Crippen LogP contribution in [0.1, 0.15) is 63.5 Å². The van der Waals surface area contributed by atoms with Crippen molar-refractivity contribution < 1.29 is 27.5 Å². The highest BCUT2D eigenvalue weighted by Gasteiger charge is 2.36. The van der Waals surface area contributed by atoms with Crippen LogP contribution in [0.2, 0.25) is 0 Å². The molecule has 0 aliphatic rings. The maximum atomic E-state index is 15.5. The predicted molar refractivity (Wildman–Crippen MR) is 208 cm³/mol. The summed E-state index contributed by atoms with van der Waals surface area (Å²) in [6.07, 6.45) is 0.307. The Morgan fingerprint density at radius 1 is 0.906 bits per heavy atom. The highest BCUT2D eigenvalue weighted by Crippen LogP contribution is 2.35. The Kier molecular flexibility index (Phi) is 12.3. The molecule has 0 bridgehead atoms. The summed E-state index contributed by atoms with van der Waals surface area (Å²) < 4.78 is 45.8. The number of aliphatic hydroxyl groups excluding tert-OH is 1. The Morgan fingerprint density at radius 3 is 2.30 bits per heavy atom. The second-order valence-corrected chi connectivity index (χ2v) is 17.1. The summed E-state index contributed by atoms with van der Waals surface area (Å²) in [5, 5.41) is 13.6. The average molecular weight is 770 g/mol. The van der Waals surface area contributed by atoms with Gasteiger partial charge in [0.25, 0.3) is 5.91 Å². The first-order chi connectivity index (χ1) is 25.6. The number of aliphatic hydroxyl groups is 1. The van der Waals surface area contributed by atoms with Crippen LogP contribution in [0.4, 0.5) is 4.39 Å². The van der Waals surface area contributed by atoms with Crippen LogP contribution in [-0.4, -0.2) is 53.7 Å². The van der Waals surface area contributed by atoms with Crippen LogP contribution in [0.25, 0.3) is 10.2 Å². The van der Waals surface area contributed by atoms with Gasteiger partial charge < -0.3 is 10.4 Å². The van der Waals surface area contributed by atoms with E-state index in [4.69, 9.17) is 0 Å². The Bertz CT molecular complexity index is 2280. The number of aromatic nitrogens is 1. The lowest BCUT2D eigenvalue weighted by Crippen LogP contribution is -2.45. The molecule has 0 radical (unpaired) electrons. The van der Waals surface area contributed by atoms with Crippen molar-refractivity contribution in [3.63, 3.8) is 0 Å². The minimum atomic E-state index is -4.02. The number of fused-ring (bicyclic) bond motifs is 1. The van der Waals surface area contributed by atoms with Crippen molar-refractivity contribution in [1.29, 1.82) is 0 Å². The minimum Gasteiger partial charge on any atom is -0.394 e. The van der Waals surface area contributed by atoms with Gasteiger partial charge in [0.1, 0.15) is 5.82 Å². The lowest BCUT2D eigenvalue weighted by molar-refractivity contribution is -0.121. The molecule has 2 N–H and O–H groups in total. The van der Waals surface area contributed by atoms with E-state index < -0.39 is 46.4 Å². The molecule has 274 valence electrons. The number of ketones is 1. The van der Waals surface area contributed by atoms with E-state index in [1.165, 1.54) is 33.0 Å². The molecular weight excluding hydrogens is 730 g/mol. The molecule has 12 heteroatoms. The van der Waals surface area contributed by atoms with Crippen molar-refractivity contribution in [2.75, 3.05) is 13.2 Å². The molecular formula is C41H40FN3O5S3. The third-order valence-electron chi connectivity index (χ3n) is 9.01. The van der Waals surface area contributed by atoms with E-state index in [0.717, 1.165) is 9.58 Å². The number of nitrogens with one attached hydrogen (secondary N) is 1. The fraction of sp³-hybridized carbons (Fsp3) is 0.244. The zero-order valence-electron chi connectivity index (χ0n) is 29.3. The second kappa shape index (κ2) is 17.0. The standard InChI is InChI=1S/C41H40FN3O5S3/c1-27(2)24-45(53(49,50)31-19-20-34-38(23-31)51-26-43-34)35(25-46)37-22-18-30(52-37)17-21-36(47)40(44-41(48)29-13-7-4-8-14-29)39(28-11-5-3-6-12-28)32-15-9-10-16-33(32)42/h3-16,18-20,22-23,26-27,35,39-40,46H,17,21,24-25H2,1-2H3,(H,44,48). The Morgan fingerprint density at radius 2 is 1.60 bits per heavy atom.